The maximum absolute atomic E-state index is 11.5. The number of nitrogens with two attached hydrogens (primary N) is 1. The zero-order valence-corrected chi connectivity index (χ0v) is 8.21. The number of benzene rings is 1. The van der Waals surface area contributed by atoms with E-state index in [1.165, 1.54) is 5.56 Å². The van der Waals surface area contributed by atoms with Crippen molar-refractivity contribution in [3.05, 3.63) is 29.3 Å². The molecule has 1 aliphatic heterocycles. The number of carbonyl (C=O) groups excluding carboxylic acids is 1. The molecule has 0 aromatic heterocycles. The molecule has 1 atom stereocenters. The van der Waals surface area contributed by atoms with Crippen LogP contribution in [0.3, 0.4) is 0 Å². The SMILES string of the molecule is Cc1ccc2c(c1)NC(=O)C(CN)C2. The Morgan fingerprint density at radius 2 is 2.36 bits per heavy atom. The largest absolute Gasteiger partial charge is 0.330 e. The van der Waals surface area contributed by atoms with E-state index in [0.29, 0.717) is 6.54 Å². The molecule has 1 amide bonds. The van der Waals surface area contributed by atoms with Crippen LogP contribution >= 0.6 is 0 Å². The van der Waals surface area contributed by atoms with Crippen molar-refractivity contribution in [2.45, 2.75) is 13.3 Å². The van der Waals surface area contributed by atoms with E-state index in [2.05, 4.69) is 17.4 Å². The fraction of sp³-hybridized carbons (Fsp3) is 0.364. The van der Waals surface area contributed by atoms with Gasteiger partial charge in [-0.15, -0.1) is 0 Å². The van der Waals surface area contributed by atoms with Gasteiger partial charge in [-0.2, -0.15) is 0 Å². The number of fused-ring (bicyclic) bond motifs is 1. The van der Waals surface area contributed by atoms with Gasteiger partial charge in [0.05, 0.1) is 5.92 Å². The number of nitrogens with one attached hydrogen (secondary N) is 1. The fourth-order valence-electron chi connectivity index (χ4n) is 1.77. The smallest absolute Gasteiger partial charge is 0.229 e. The molecule has 74 valence electrons. The van der Waals surface area contributed by atoms with E-state index in [4.69, 9.17) is 5.73 Å². The highest BCUT2D eigenvalue weighted by molar-refractivity contribution is 5.95. The zero-order chi connectivity index (χ0) is 10.1. The van der Waals surface area contributed by atoms with Gasteiger partial charge < -0.3 is 11.1 Å². The maximum atomic E-state index is 11.5. The van der Waals surface area contributed by atoms with Gasteiger partial charge in [0.2, 0.25) is 5.91 Å². The lowest BCUT2D eigenvalue weighted by Gasteiger charge is -2.23. The molecular weight excluding hydrogens is 176 g/mol. The molecule has 0 radical (unpaired) electrons. The number of hydrogen-bond donors (Lipinski definition) is 2. The van der Waals surface area contributed by atoms with E-state index in [1.54, 1.807) is 0 Å². The second-order valence-electron chi connectivity index (χ2n) is 3.79. The van der Waals surface area contributed by atoms with E-state index >= 15 is 0 Å². The van der Waals surface area contributed by atoms with Crippen molar-refractivity contribution in [1.29, 1.82) is 0 Å². The van der Waals surface area contributed by atoms with Gasteiger partial charge in [0.15, 0.2) is 0 Å². The second-order valence-corrected chi connectivity index (χ2v) is 3.79. The molecule has 1 heterocycles. The predicted molar refractivity (Wildman–Crippen MR) is 56.1 cm³/mol. The summed E-state index contributed by atoms with van der Waals surface area (Å²) in [6, 6.07) is 6.12. The van der Waals surface area contributed by atoms with Crippen LogP contribution in [0.25, 0.3) is 0 Å². The van der Waals surface area contributed by atoms with Crippen LogP contribution in [-0.2, 0) is 11.2 Å². The minimum Gasteiger partial charge on any atom is -0.330 e. The Kier molecular flexibility index (Phi) is 2.25. The third-order valence-corrected chi connectivity index (χ3v) is 2.64. The normalized spacial score (nSPS) is 20.1. The van der Waals surface area contributed by atoms with E-state index in [9.17, 15) is 4.79 Å². The van der Waals surface area contributed by atoms with E-state index in [-0.39, 0.29) is 11.8 Å². The first-order valence-corrected chi connectivity index (χ1v) is 4.81. The molecule has 1 aromatic rings. The average molecular weight is 190 g/mol. The monoisotopic (exact) mass is 190 g/mol. The second kappa shape index (κ2) is 3.42. The topological polar surface area (TPSA) is 55.1 Å². The summed E-state index contributed by atoms with van der Waals surface area (Å²) in [6.45, 7) is 2.43. The Hall–Kier alpha value is -1.35. The lowest BCUT2D eigenvalue weighted by molar-refractivity contribution is -0.119. The minimum atomic E-state index is -0.0646. The van der Waals surface area contributed by atoms with Crippen LogP contribution in [0.15, 0.2) is 18.2 Å². The van der Waals surface area contributed by atoms with E-state index in [1.807, 2.05) is 13.0 Å². The Morgan fingerprint density at radius 1 is 1.57 bits per heavy atom. The van der Waals surface area contributed by atoms with Gasteiger partial charge in [-0.3, -0.25) is 4.79 Å². The number of amides is 1. The summed E-state index contributed by atoms with van der Waals surface area (Å²) in [7, 11) is 0. The molecule has 0 fully saturated rings. The van der Waals surface area contributed by atoms with Crippen LogP contribution in [0.1, 0.15) is 11.1 Å². The molecule has 1 unspecified atom stereocenters. The summed E-state index contributed by atoms with van der Waals surface area (Å²) in [5.74, 6) is -0.0178. The standard InChI is InChI=1S/C11H14N2O/c1-7-2-3-8-5-9(6-12)11(14)13-10(8)4-7/h2-4,9H,5-6,12H2,1H3,(H,13,14). The van der Waals surface area contributed by atoms with Crippen molar-refractivity contribution < 1.29 is 4.79 Å². The molecule has 1 aliphatic rings. The first kappa shape index (κ1) is 9.21. The van der Waals surface area contributed by atoms with Gasteiger partial charge in [-0.25, -0.2) is 0 Å². The van der Waals surface area contributed by atoms with Crippen LogP contribution in [-0.4, -0.2) is 12.5 Å². The number of anilines is 1. The number of hydrogen-bond acceptors (Lipinski definition) is 2. The molecule has 0 saturated carbocycles. The molecule has 0 saturated heterocycles. The highest BCUT2D eigenvalue weighted by atomic mass is 16.1. The number of carbonyl (C=O) groups is 1. The summed E-state index contributed by atoms with van der Waals surface area (Å²) in [6.07, 6.45) is 0.762. The molecular formula is C11H14N2O. The molecule has 3 N–H and O–H groups in total. The first-order valence-electron chi connectivity index (χ1n) is 4.81. The zero-order valence-electron chi connectivity index (χ0n) is 8.21. The molecule has 0 aliphatic carbocycles. The summed E-state index contributed by atoms with van der Waals surface area (Å²) in [4.78, 5) is 11.5. The minimum absolute atomic E-state index is 0.0469. The Bertz CT molecular complexity index is 374. The van der Waals surface area contributed by atoms with Crippen LogP contribution in [0, 0.1) is 12.8 Å². The van der Waals surface area contributed by atoms with Gasteiger partial charge in [-0.1, -0.05) is 12.1 Å². The Morgan fingerprint density at radius 3 is 3.07 bits per heavy atom. The third-order valence-electron chi connectivity index (χ3n) is 2.64. The lowest BCUT2D eigenvalue weighted by atomic mass is 9.92. The number of aryl methyl sites for hydroxylation is 1. The first-order chi connectivity index (χ1) is 6.70. The van der Waals surface area contributed by atoms with Crippen LogP contribution < -0.4 is 11.1 Å². The molecule has 3 heteroatoms. The highest BCUT2D eigenvalue weighted by Gasteiger charge is 2.24. The Labute approximate surface area is 83.3 Å². The van der Waals surface area contributed by atoms with Crippen molar-refractivity contribution in [3.63, 3.8) is 0 Å². The molecule has 14 heavy (non-hydrogen) atoms. The summed E-state index contributed by atoms with van der Waals surface area (Å²) < 4.78 is 0. The lowest BCUT2D eigenvalue weighted by Crippen LogP contribution is -2.34. The van der Waals surface area contributed by atoms with E-state index < -0.39 is 0 Å². The van der Waals surface area contributed by atoms with Crippen LogP contribution in [0.2, 0.25) is 0 Å². The predicted octanol–water partition coefficient (Wildman–Crippen LogP) is 1.06. The van der Waals surface area contributed by atoms with Gasteiger partial charge in [0.1, 0.15) is 0 Å². The Balaban J connectivity index is 2.35. The van der Waals surface area contributed by atoms with E-state index in [0.717, 1.165) is 17.7 Å². The fourth-order valence-corrected chi connectivity index (χ4v) is 1.77. The van der Waals surface area contributed by atoms with Gasteiger partial charge >= 0.3 is 0 Å². The average Bonchev–Trinajstić information content (AvgIpc) is 2.16. The highest BCUT2D eigenvalue weighted by Crippen LogP contribution is 2.25. The van der Waals surface area contributed by atoms with Gasteiger partial charge in [0, 0.05) is 12.2 Å². The maximum Gasteiger partial charge on any atom is 0.229 e. The van der Waals surface area contributed by atoms with Crippen molar-refractivity contribution in [3.8, 4) is 0 Å². The molecule has 0 bridgehead atoms. The summed E-state index contributed by atoms with van der Waals surface area (Å²) in [5, 5.41) is 2.88. The third kappa shape index (κ3) is 1.51. The number of rotatable bonds is 1. The van der Waals surface area contributed by atoms with Crippen molar-refractivity contribution in [2.75, 3.05) is 11.9 Å². The molecule has 1 aromatic carbocycles. The summed E-state index contributed by atoms with van der Waals surface area (Å²) in [5.41, 5.74) is 8.81. The van der Waals surface area contributed by atoms with Crippen molar-refractivity contribution in [2.24, 2.45) is 11.7 Å². The molecule has 3 nitrogen and oxygen atoms in total. The van der Waals surface area contributed by atoms with Crippen molar-refractivity contribution >= 4 is 11.6 Å². The molecule has 2 rings (SSSR count). The van der Waals surface area contributed by atoms with Gasteiger partial charge in [-0.05, 0) is 30.5 Å². The van der Waals surface area contributed by atoms with Crippen molar-refractivity contribution in [1.82, 2.24) is 0 Å². The van der Waals surface area contributed by atoms with Crippen LogP contribution in [0.4, 0.5) is 5.69 Å². The quantitative estimate of drug-likeness (QED) is 0.695. The summed E-state index contributed by atoms with van der Waals surface area (Å²) >= 11 is 0. The molecule has 0 spiro atoms. The van der Waals surface area contributed by atoms with Gasteiger partial charge in [0.25, 0.3) is 0 Å². The van der Waals surface area contributed by atoms with Crippen LogP contribution in [0.5, 0.6) is 0 Å².